The molecule has 2 N–H and O–H groups in total. The third-order valence-corrected chi connectivity index (χ3v) is 4.73. The van der Waals surface area contributed by atoms with Crippen LogP contribution >= 0.6 is 15.9 Å². The van der Waals surface area contributed by atoms with Gasteiger partial charge in [-0.05, 0) is 50.2 Å². The van der Waals surface area contributed by atoms with Crippen LogP contribution in [0.25, 0.3) is 0 Å². The van der Waals surface area contributed by atoms with Crippen LogP contribution in [0.3, 0.4) is 0 Å². The molecule has 6 heteroatoms. The van der Waals surface area contributed by atoms with E-state index in [0.29, 0.717) is 18.9 Å². The number of anilines is 1. The van der Waals surface area contributed by atoms with E-state index in [1.54, 1.807) is 7.11 Å². The third-order valence-electron chi connectivity index (χ3n) is 4.24. The van der Waals surface area contributed by atoms with Crippen molar-refractivity contribution in [1.29, 1.82) is 0 Å². The van der Waals surface area contributed by atoms with Crippen molar-refractivity contribution in [2.24, 2.45) is 0 Å². The average Bonchev–Trinajstić information content (AvgIpc) is 2.62. The summed E-state index contributed by atoms with van der Waals surface area (Å²) in [5.74, 6) is 1.43. The summed E-state index contributed by atoms with van der Waals surface area (Å²) >= 11 is 3.41. The first-order valence-electron chi connectivity index (χ1n) is 8.63. The Labute approximate surface area is 163 Å². The van der Waals surface area contributed by atoms with E-state index in [1.807, 2.05) is 63.4 Å². The lowest BCUT2D eigenvalue weighted by molar-refractivity contribution is -0.907. The van der Waals surface area contributed by atoms with Crippen LogP contribution < -0.4 is 19.7 Å². The van der Waals surface area contributed by atoms with Gasteiger partial charge in [-0.2, -0.15) is 0 Å². The van der Waals surface area contributed by atoms with Crippen molar-refractivity contribution < 1.29 is 19.2 Å². The predicted molar refractivity (Wildman–Crippen MR) is 107 cm³/mol. The smallest absolute Gasteiger partial charge is 0.282 e. The molecule has 2 atom stereocenters. The van der Waals surface area contributed by atoms with Crippen LogP contribution in [0.15, 0.2) is 46.9 Å². The number of ether oxygens (including phenoxy) is 2. The zero-order chi connectivity index (χ0) is 19.1. The number of quaternary nitrogens is 1. The highest BCUT2D eigenvalue weighted by molar-refractivity contribution is 9.10. The van der Waals surface area contributed by atoms with Crippen molar-refractivity contribution in [1.82, 2.24) is 0 Å². The van der Waals surface area contributed by atoms with Gasteiger partial charge in [0.1, 0.15) is 6.54 Å². The fourth-order valence-corrected chi connectivity index (χ4v) is 3.01. The summed E-state index contributed by atoms with van der Waals surface area (Å²) in [7, 11) is 3.64. The molecular formula is C20H26BrN2O3+. The van der Waals surface area contributed by atoms with Crippen molar-refractivity contribution in [3.05, 3.63) is 52.5 Å². The Balaban J connectivity index is 2.01. The topological polar surface area (TPSA) is 52.0 Å². The van der Waals surface area contributed by atoms with Crippen molar-refractivity contribution in [2.75, 3.05) is 26.1 Å². The summed E-state index contributed by atoms with van der Waals surface area (Å²) < 4.78 is 11.9. The largest absolute Gasteiger partial charge is 0.493 e. The molecule has 2 aromatic carbocycles. The number of carbonyl (C=O) groups is 1. The number of hydrogen-bond donors (Lipinski definition) is 2. The number of carbonyl (C=O) groups excluding carboxylic acids is 1. The number of methoxy groups -OCH3 is 1. The normalized spacial score (nSPS) is 13.0. The number of rotatable bonds is 8. The van der Waals surface area contributed by atoms with Crippen molar-refractivity contribution in [2.45, 2.75) is 26.4 Å². The first-order chi connectivity index (χ1) is 12.4. The van der Waals surface area contributed by atoms with Crippen LogP contribution in [0, 0.1) is 0 Å². The summed E-state index contributed by atoms with van der Waals surface area (Å²) in [6.07, 6.45) is 0. The predicted octanol–water partition coefficient (Wildman–Crippen LogP) is 2.90. The number of likely N-dealkylation sites (N-methyl/N-ethyl adjacent to an activating group) is 1. The number of nitrogens with one attached hydrogen (secondary N) is 2. The highest BCUT2D eigenvalue weighted by atomic mass is 79.9. The van der Waals surface area contributed by atoms with Gasteiger partial charge in [0.2, 0.25) is 0 Å². The van der Waals surface area contributed by atoms with Gasteiger partial charge in [-0.25, -0.2) is 0 Å². The first-order valence-corrected chi connectivity index (χ1v) is 9.42. The van der Waals surface area contributed by atoms with Gasteiger partial charge in [-0.15, -0.1) is 0 Å². The molecule has 5 nitrogen and oxygen atoms in total. The van der Waals surface area contributed by atoms with Gasteiger partial charge >= 0.3 is 0 Å². The molecule has 0 saturated heterocycles. The van der Waals surface area contributed by atoms with Crippen molar-refractivity contribution in [3.8, 4) is 11.5 Å². The molecule has 26 heavy (non-hydrogen) atoms. The van der Waals surface area contributed by atoms with E-state index in [0.717, 1.165) is 26.4 Å². The number of benzene rings is 2. The van der Waals surface area contributed by atoms with Gasteiger partial charge in [-0.1, -0.05) is 22.0 Å². The Morgan fingerprint density at radius 1 is 1.23 bits per heavy atom. The lowest BCUT2D eigenvalue weighted by Gasteiger charge is -2.21. The molecule has 1 amide bonds. The maximum Gasteiger partial charge on any atom is 0.282 e. The van der Waals surface area contributed by atoms with Gasteiger partial charge in [0.05, 0.1) is 20.8 Å². The molecule has 2 rings (SSSR count). The van der Waals surface area contributed by atoms with Gasteiger partial charge in [0.15, 0.2) is 17.5 Å². The Morgan fingerprint density at radius 3 is 2.65 bits per heavy atom. The second kappa shape index (κ2) is 9.59. The van der Waals surface area contributed by atoms with E-state index in [4.69, 9.17) is 9.47 Å². The van der Waals surface area contributed by atoms with E-state index in [9.17, 15) is 4.79 Å². The van der Waals surface area contributed by atoms with E-state index in [1.165, 1.54) is 0 Å². The summed E-state index contributed by atoms with van der Waals surface area (Å²) in [6.45, 7) is 5.16. The van der Waals surface area contributed by atoms with Crippen LogP contribution in [0.4, 0.5) is 5.69 Å². The first kappa shape index (κ1) is 20.3. The van der Waals surface area contributed by atoms with E-state index in [2.05, 4.69) is 21.2 Å². The van der Waals surface area contributed by atoms with Crippen molar-refractivity contribution >= 4 is 27.5 Å². The zero-order valence-electron chi connectivity index (χ0n) is 15.6. The van der Waals surface area contributed by atoms with Crippen LogP contribution in [0.2, 0.25) is 0 Å². The second-order valence-electron chi connectivity index (χ2n) is 6.16. The molecule has 0 radical (unpaired) electrons. The molecule has 0 aliphatic rings. The summed E-state index contributed by atoms with van der Waals surface area (Å²) in [4.78, 5) is 13.6. The molecule has 0 fully saturated rings. The van der Waals surface area contributed by atoms with Gasteiger partial charge in [0.25, 0.3) is 5.91 Å². The van der Waals surface area contributed by atoms with Crippen molar-refractivity contribution in [3.63, 3.8) is 0 Å². The summed E-state index contributed by atoms with van der Waals surface area (Å²) in [5.41, 5.74) is 1.87. The molecule has 0 aliphatic heterocycles. The average molecular weight is 422 g/mol. The Kier molecular flexibility index (Phi) is 7.48. The van der Waals surface area contributed by atoms with E-state index >= 15 is 0 Å². The molecular weight excluding hydrogens is 396 g/mol. The van der Waals surface area contributed by atoms with Crippen LogP contribution in [0.5, 0.6) is 11.5 Å². The molecule has 0 aliphatic carbocycles. The minimum absolute atomic E-state index is 0.0153. The quantitative estimate of drug-likeness (QED) is 0.688. The molecule has 140 valence electrons. The van der Waals surface area contributed by atoms with Crippen LogP contribution in [-0.2, 0) is 11.3 Å². The molecule has 0 saturated carbocycles. The second-order valence-corrected chi connectivity index (χ2v) is 7.08. The molecule has 0 spiro atoms. The minimum atomic E-state index is -0.202. The van der Waals surface area contributed by atoms with Gasteiger partial charge < -0.3 is 19.7 Å². The maximum absolute atomic E-state index is 12.5. The maximum atomic E-state index is 12.5. The lowest BCUT2D eigenvalue weighted by atomic mass is 10.1. The standard InChI is InChI=1S/C20H25BrN2O3/c1-5-26-18-10-9-15(11-19(18)25-4)13-23(3)14(2)20(24)22-17-8-6-7-16(21)12-17/h6-12,14H,5,13H2,1-4H3,(H,22,24)/p+1/t14-/m1/s1. The van der Waals surface area contributed by atoms with Gasteiger partial charge in [0, 0.05) is 15.7 Å². The lowest BCUT2D eigenvalue weighted by Crippen LogP contribution is -3.12. The Hall–Kier alpha value is -2.05. The molecule has 0 heterocycles. The van der Waals surface area contributed by atoms with E-state index < -0.39 is 0 Å². The molecule has 0 aromatic heterocycles. The van der Waals surface area contributed by atoms with E-state index in [-0.39, 0.29) is 11.9 Å². The number of amides is 1. The number of hydrogen-bond acceptors (Lipinski definition) is 3. The summed E-state index contributed by atoms with van der Waals surface area (Å²) in [6, 6.07) is 13.3. The molecule has 0 bridgehead atoms. The Morgan fingerprint density at radius 2 is 2.00 bits per heavy atom. The Bertz CT molecular complexity index is 752. The number of halogens is 1. The zero-order valence-corrected chi connectivity index (χ0v) is 17.2. The third kappa shape index (κ3) is 5.47. The minimum Gasteiger partial charge on any atom is -0.493 e. The highest BCUT2D eigenvalue weighted by Gasteiger charge is 2.22. The fraction of sp³-hybridized carbons (Fsp3) is 0.350. The monoisotopic (exact) mass is 421 g/mol. The molecule has 1 unspecified atom stereocenters. The molecule has 2 aromatic rings. The van der Waals surface area contributed by atoms with Gasteiger partial charge in [-0.3, -0.25) is 4.79 Å². The SMILES string of the molecule is CCOc1ccc(C[NH+](C)[C@H](C)C(=O)Nc2cccc(Br)c2)cc1OC. The highest BCUT2D eigenvalue weighted by Crippen LogP contribution is 2.27. The summed E-state index contributed by atoms with van der Waals surface area (Å²) in [5, 5.41) is 2.96. The van der Waals surface area contributed by atoms with Crippen LogP contribution in [0.1, 0.15) is 19.4 Å². The van der Waals surface area contributed by atoms with Crippen LogP contribution in [-0.4, -0.2) is 32.7 Å². The fourth-order valence-electron chi connectivity index (χ4n) is 2.61.